The van der Waals surface area contributed by atoms with Gasteiger partial charge in [-0.05, 0) is 38.1 Å². The van der Waals surface area contributed by atoms with E-state index in [0.717, 1.165) is 0 Å². The maximum Gasteiger partial charge on any atom is 0.275 e. The van der Waals surface area contributed by atoms with E-state index in [1.807, 2.05) is 0 Å². The van der Waals surface area contributed by atoms with Crippen molar-refractivity contribution in [3.05, 3.63) is 71.5 Å². The third-order valence-corrected chi connectivity index (χ3v) is 6.38. The fourth-order valence-corrected chi connectivity index (χ4v) is 4.54. The number of sulfonamides is 1. The van der Waals surface area contributed by atoms with Crippen molar-refractivity contribution >= 4 is 38.8 Å². The molecule has 0 radical (unpaired) electrons. The van der Waals surface area contributed by atoms with Gasteiger partial charge in [0, 0.05) is 35.2 Å². The maximum atomic E-state index is 12.6. The van der Waals surface area contributed by atoms with Crippen LogP contribution in [0.4, 0.5) is 11.5 Å². The summed E-state index contributed by atoms with van der Waals surface area (Å²) in [7, 11) is -3.85. The number of aryl methyl sites for hydroxylation is 2. The van der Waals surface area contributed by atoms with Gasteiger partial charge >= 0.3 is 0 Å². The monoisotopic (exact) mass is 467 g/mol. The number of thiazole rings is 1. The van der Waals surface area contributed by atoms with Crippen molar-refractivity contribution in [1.82, 2.24) is 24.9 Å². The lowest BCUT2D eigenvalue weighted by Crippen LogP contribution is -2.15. The predicted octanol–water partition coefficient (Wildman–Crippen LogP) is 3.06. The number of aromatic nitrogens is 5. The molecule has 32 heavy (non-hydrogen) atoms. The summed E-state index contributed by atoms with van der Waals surface area (Å²) in [5.74, 6) is 0.233. The molecule has 12 heteroatoms. The van der Waals surface area contributed by atoms with E-state index in [4.69, 9.17) is 0 Å². The van der Waals surface area contributed by atoms with Gasteiger partial charge in [0.2, 0.25) is 0 Å². The smallest absolute Gasteiger partial charge is 0.275 e. The lowest BCUT2D eigenvalue weighted by molar-refractivity contribution is 0.102. The molecule has 3 heterocycles. The minimum Gasteiger partial charge on any atom is -0.321 e. The van der Waals surface area contributed by atoms with E-state index in [9.17, 15) is 13.2 Å². The zero-order chi connectivity index (χ0) is 22.7. The third-order valence-electron chi connectivity index (χ3n) is 4.15. The SMILES string of the molecule is Cc1cc(NS(=O)(=O)c2ccc(NC(=O)c3csc(-c4cnccn4)n3)cc2)nc(C)n1. The number of anilines is 2. The molecule has 10 nitrogen and oxygen atoms in total. The average Bonchev–Trinajstić information content (AvgIpc) is 3.24. The molecule has 0 bridgehead atoms. The summed E-state index contributed by atoms with van der Waals surface area (Å²) in [5, 5.41) is 4.89. The number of rotatable bonds is 6. The summed E-state index contributed by atoms with van der Waals surface area (Å²) in [6.45, 7) is 3.43. The molecule has 1 aromatic carbocycles. The lowest BCUT2D eigenvalue weighted by Gasteiger charge is -2.09. The van der Waals surface area contributed by atoms with Crippen LogP contribution in [0.2, 0.25) is 0 Å². The van der Waals surface area contributed by atoms with Crippen molar-refractivity contribution in [3.8, 4) is 10.7 Å². The maximum absolute atomic E-state index is 12.6. The van der Waals surface area contributed by atoms with Crippen LogP contribution in [0.1, 0.15) is 22.0 Å². The predicted molar refractivity (Wildman–Crippen MR) is 120 cm³/mol. The summed E-state index contributed by atoms with van der Waals surface area (Å²) in [6.07, 6.45) is 4.67. The number of nitrogens with zero attached hydrogens (tertiary/aromatic N) is 5. The molecular formula is C20H17N7O3S2. The minimum absolute atomic E-state index is 0.0306. The van der Waals surface area contributed by atoms with Gasteiger partial charge in [0.15, 0.2) is 0 Å². The van der Waals surface area contributed by atoms with Crippen LogP contribution in [0, 0.1) is 13.8 Å². The first-order chi connectivity index (χ1) is 15.3. The van der Waals surface area contributed by atoms with E-state index in [1.165, 1.54) is 35.6 Å². The van der Waals surface area contributed by atoms with Gasteiger partial charge < -0.3 is 5.32 Å². The first-order valence-corrected chi connectivity index (χ1v) is 11.6. The van der Waals surface area contributed by atoms with Crippen molar-refractivity contribution in [1.29, 1.82) is 0 Å². The van der Waals surface area contributed by atoms with E-state index >= 15 is 0 Å². The molecule has 0 aliphatic heterocycles. The summed E-state index contributed by atoms with van der Waals surface area (Å²) in [5.41, 5.74) is 1.88. The minimum atomic E-state index is -3.85. The number of amides is 1. The van der Waals surface area contributed by atoms with Crippen molar-refractivity contribution in [2.75, 3.05) is 10.0 Å². The molecule has 0 saturated carbocycles. The number of carbonyl (C=O) groups excluding carboxylic acids is 1. The highest BCUT2D eigenvalue weighted by molar-refractivity contribution is 7.92. The van der Waals surface area contributed by atoms with E-state index < -0.39 is 15.9 Å². The highest BCUT2D eigenvalue weighted by Gasteiger charge is 2.17. The standard InChI is InChI=1S/C20H17N7O3S2/c1-12-9-18(24-13(2)23-12)27-32(29,30)15-5-3-14(4-6-15)25-19(28)17-11-31-20(26-17)16-10-21-7-8-22-16/h3-11H,1-2H3,(H,25,28)(H,23,24,27). The van der Waals surface area contributed by atoms with E-state index in [2.05, 4.69) is 35.0 Å². The molecule has 1 amide bonds. The molecule has 0 aliphatic rings. The summed E-state index contributed by atoms with van der Waals surface area (Å²) >= 11 is 1.28. The molecule has 0 fully saturated rings. The van der Waals surface area contributed by atoms with E-state index in [0.29, 0.717) is 27.9 Å². The van der Waals surface area contributed by atoms with E-state index in [-0.39, 0.29) is 16.4 Å². The van der Waals surface area contributed by atoms with Crippen LogP contribution in [0.5, 0.6) is 0 Å². The second kappa shape index (κ2) is 8.77. The highest BCUT2D eigenvalue weighted by atomic mass is 32.2. The Balaban J connectivity index is 1.45. The number of carbonyl (C=O) groups is 1. The van der Waals surface area contributed by atoms with Gasteiger partial charge in [-0.3, -0.25) is 19.5 Å². The zero-order valence-corrected chi connectivity index (χ0v) is 18.6. The molecule has 0 unspecified atom stereocenters. The molecule has 2 N–H and O–H groups in total. The topological polar surface area (TPSA) is 140 Å². The summed E-state index contributed by atoms with van der Waals surface area (Å²) in [6, 6.07) is 7.33. The number of hydrogen-bond acceptors (Lipinski definition) is 9. The summed E-state index contributed by atoms with van der Waals surface area (Å²) < 4.78 is 27.7. The fraction of sp³-hybridized carbons (Fsp3) is 0.100. The Labute approximate surface area is 187 Å². The second-order valence-electron chi connectivity index (χ2n) is 6.65. The Morgan fingerprint density at radius 3 is 2.50 bits per heavy atom. The Morgan fingerprint density at radius 1 is 1.03 bits per heavy atom. The molecule has 0 atom stereocenters. The van der Waals surface area contributed by atoms with Crippen LogP contribution >= 0.6 is 11.3 Å². The molecule has 4 aromatic rings. The van der Waals surface area contributed by atoms with Gasteiger partial charge in [-0.25, -0.2) is 23.4 Å². The third kappa shape index (κ3) is 4.92. The normalized spacial score (nSPS) is 11.2. The van der Waals surface area contributed by atoms with Gasteiger partial charge in [-0.15, -0.1) is 11.3 Å². The average molecular weight is 468 g/mol. The van der Waals surface area contributed by atoms with Crippen LogP contribution in [0.25, 0.3) is 10.7 Å². The zero-order valence-electron chi connectivity index (χ0n) is 17.0. The van der Waals surface area contributed by atoms with Gasteiger partial charge in [0.05, 0.1) is 11.1 Å². The molecule has 0 saturated heterocycles. The number of benzene rings is 1. The van der Waals surface area contributed by atoms with Gasteiger partial charge in [-0.2, -0.15) is 0 Å². The number of nitrogens with one attached hydrogen (secondary N) is 2. The Morgan fingerprint density at radius 2 is 1.81 bits per heavy atom. The molecule has 162 valence electrons. The second-order valence-corrected chi connectivity index (χ2v) is 9.19. The van der Waals surface area contributed by atoms with Crippen LogP contribution in [-0.4, -0.2) is 39.2 Å². The molecule has 3 aromatic heterocycles. The highest BCUT2D eigenvalue weighted by Crippen LogP contribution is 2.22. The van der Waals surface area contributed by atoms with Gasteiger partial charge in [0.1, 0.15) is 28.0 Å². The first-order valence-electron chi connectivity index (χ1n) is 9.28. The quantitative estimate of drug-likeness (QED) is 0.441. The Kier molecular flexibility index (Phi) is 5.88. The van der Waals surface area contributed by atoms with Crippen LogP contribution in [0.3, 0.4) is 0 Å². The van der Waals surface area contributed by atoms with Crippen LogP contribution in [0.15, 0.2) is 59.2 Å². The van der Waals surface area contributed by atoms with Crippen LogP contribution in [-0.2, 0) is 10.0 Å². The van der Waals surface area contributed by atoms with Gasteiger partial charge in [-0.1, -0.05) is 0 Å². The van der Waals surface area contributed by atoms with Crippen molar-refractivity contribution in [2.45, 2.75) is 18.7 Å². The Bertz CT molecular complexity index is 1350. The molecule has 4 rings (SSSR count). The fourth-order valence-electron chi connectivity index (χ4n) is 2.78. The van der Waals surface area contributed by atoms with Crippen molar-refractivity contribution in [3.63, 3.8) is 0 Å². The Hall–Kier alpha value is -3.77. The lowest BCUT2D eigenvalue weighted by atomic mass is 10.3. The molecular weight excluding hydrogens is 450 g/mol. The molecule has 0 aliphatic carbocycles. The molecule has 0 spiro atoms. The van der Waals surface area contributed by atoms with E-state index in [1.54, 1.807) is 43.9 Å². The summed E-state index contributed by atoms with van der Waals surface area (Å²) in [4.78, 5) is 33.2. The van der Waals surface area contributed by atoms with Crippen molar-refractivity contribution < 1.29 is 13.2 Å². The van der Waals surface area contributed by atoms with Crippen molar-refractivity contribution in [2.24, 2.45) is 0 Å². The largest absolute Gasteiger partial charge is 0.321 e. The first kappa shape index (κ1) is 21.5. The number of hydrogen-bond donors (Lipinski definition) is 2. The van der Waals surface area contributed by atoms with Gasteiger partial charge in [0.25, 0.3) is 15.9 Å². The van der Waals surface area contributed by atoms with Crippen LogP contribution < -0.4 is 10.0 Å².